The van der Waals surface area contributed by atoms with Crippen LogP contribution in [0.1, 0.15) is 112 Å². The Morgan fingerprint density at radius 3 is 1.97 bits per heavy atom. The van der Waals surface area contributed by atoms with Crippen molar-refractivity contribution in [3.63, 3.8) is 0 Å². The molecular weight excluding hydrogens is 388 g/mol. The van der Waals surface area contributed by atoms with Crippen LogP contribution in [0.25, 0.3) is 0 Å². The summed E-state index contributed by atoms with van der Waals surface area (Å²) in [5.74, 6) is -0.527. The SMILES string of the molecule is CCCCCCCCCCCC(=O)O.CC[NH+](CC)CC(=O)NC1=C(C)CCC=C1C. The van der Waals surface area contributed by atoms with Gasteiger partial charge in [-0.05, 0) is 58.1 Å². The molecule has 0 radical (unpaired) electrons. The predicted octanol–water partition coefficient (Wildman–Crippen LogP) is 5.03. The van der Waals surface area contributed by atoms with Gasteiger partial charge in [-0.3, -0.25) is 9.59 Å². The average Bonchev–Trinajstić information content (AvgIpc) is 2.74. The Labute approximate surface area is 191 Å². The molecule has 0 aromatic heterocycles. The zero-order chi connectivity index (χ0) is 23.5. The first-order valence-corrected chi connectivity index (χ1v) is 12.6. The Kier molecular flexibility index (Phi) is 18.1. The largest absolute Gasteiger partial charge is 0.481 e. The lowest BCUT2D eigenvalue weighted by molar-refractivity contribution is -0.888. The fourth-order valence-electron chi connectivity index (χ4n) is 3.77. The summed E-state index contributed by atoms with van der Waals surface area (Å²) in [7, 11) is 0. The minimum absolute atomic E-state index is 0.132. The fraction of sp³-hybridized carbons (Fsp3) is 0.769. The molecule has 0 atom stereocenters. The third-order valence-electron chi connectivity index (χ3n) is 5.96. The molecule has 0 bridgehead atoms. The molecule has 5 nitrogen and oxygen atoms in total. The third-order valence-corrected chi connectivity index (χ3v) is 5.96. The Morgan fingerprint density at radius 2 is 1.48 bits per heavy atom. The van der Waals surface area contributed by atoms with Crippen LogP contribution in [0.5, 0.6) is 0 Å². The highest BCUT2D eigenvalue weighted by atomic mass is 16.4. The highest BCUT2D eigenvalue weighted by Crippen LogP contribution is 2.22. The smallest absolute Gasteiger partial charge is 0.303 e. The number of carbonyl (C=O) groups is 2. The lowest BCUT2D eigenvalue weighted by Crippen LogP contribution is -3.12. The van der Waals surface area contributed by atoms with Crippen LogP contribution in [0.2, 0.25) is 0 Å². The minimum Gasteiger partial charge on any atom is -0.481 e. The molecule has 180 valence electrons. The lowest BCUT2D eigenvalue weighted by Gasteiger charge is -2.20. The van der Waals surface area contributed by atoms with Gasteiger partial charge in [-0.1, -0.05) is 64.4 Å². The highest BCUT2D eigenvalue weighted by molar-refractivity contribution is 5.79. The molecular formula is C26H49N2O3+. The highest BCUT2D eigenvalue weighted by Gasteiger charge is 2.15. The van der Waals surface area contributed by atoms with E-state index in [1.807, 2.05) is 0 Å². The molecule has 31 heavy (non-hydrogen) atoms. The van der Waals surface area contributed by atoms with Gasteiger partial charge in [0.25, 0.3) is 5.91 Å². The molecule has 0 spiro atoms. The van der Waals surface area contributed by atoms with Crippen molar-refractivity contribution in [2.75, 3.05) is 19.6 Å². The van der Waals surface area contributed by atoms with Gasteiger partial charge < -0.3 is 15.3 Å². The molecule has 0 fully saturated rings. The Hall–Kier alpha value is -1.62. The molecule has 1 rings (SSSR count). The van der Waals surface area contributed by atoms with Crippen molar-refractivity contribution in [3.8, 4) is 0 Å². The van der Waals surface area contributed by atoms with E-state index in [1.165, 1.54) is 61.0 Å². The summed E-state index contributed by atoms with van der Waals surface area (Å²) < 4.78 is 0. The van der Waals surface area contributed by atoms with Gasteiger partial charge in [0.2, 0.25) is 0 Å². The van der Waals surface area contributed by atoms with Gasteiger partial charge in [0.15, 0.2) is 6.54 Å². The monoisotopic (exact) mass is 437 g/mol. The van der Waals surface area contributed by atoms with Crippen molar-refractivity contribution in [2.45, 2.75) is 112 Å². The van der Waals surface area contributed by atoms with Crippen LogP contribution in [-0.4, -0.2) is 36.6 Å². The number of unbranched alkanes of at least 4 members (excludes halogenated alkanes) is 8. The Bertz CT molecular complexity index is 563. The second-order valence-electron chi connectivity index (χ2n) is 8.74. The van der Waals surface area contributed by atoms with E-state index < -0.39 is 5.97 Å². The van der Waals surface area contributed by atoms with Crippen LogP contribution >= 0.6 is 0 Å². The molecule has 0 aromatic carbocycles. The second kappa shape index (κ2) is 19.1. The van der Waals surface area contributed by atoms with Crippen molar-refractivity contribution in [1.29, 1.82) is 0 Å². The number of allylic oxidation sites excluding steroid dienone is 3. The summed E-state index contributed by atoms with van der Waals surface area (Å²) in [5, 5.41) is 11.5. The first-order chi connectivity index (χ1) is 14.8. The molecule has 1 amide bonds. The van der Waals surface area contributed by atoms with Gasteiger partial charge in [0.1, 0.15) is 0 Å². The summed E-state index contributed by atoms with van der Waals surface area (Å²) in [6.07, 6.45) is 15.8. The number of hydrogen-bond donors (Lipinski definition) is 3. The van der Waals surface area contributed by atoms with Crippen molar-refractivity contribution < 1.29 is 19.6 Å². The van der Waals surface area contributed by atoms with Gasteiger partial charge in [-0.15, -0.1) is 0 Å². The number of rotatable bonds is 15. The normalized spacial score (nSPS) is 13.5. The second-order valence-corrected chi connectivity index (χ2v) is 8.74. The van der Waals surface area contributed by atoms with Crippen LogP contribution < -0.4 is 10.2 Å². The summed E-state index contributed by atoms with van der Waals surface area (Å²) >= 11 is 0. The molecule has 0 saturated heterocycles. The van der Waals surface area contributed by atoms with E-state index in [1.54, 1.807) is 0 Å². The van der Waals surface area contributed by atoms with Crippen LogP contribution in [-0.2, 0) is 9.59 Å². The molecule has 5 heteroatoms. The van der Waals surface area contributed by atoms with E-state index in [-0.39, 0.29) is 5.91 Å². The lowest BCUT2D eigenvalue weighted by atomic mass is 9.98. The molecule has 0 unspecified atom stereocenters. The molecule has 0 heterocycles. The summed E-state index contributed by atoms with van der Waals surface area (Å²) in [5.41, 5.74) is 3.55. The number of carboxylic acids is 1. The van der Waals surface area contributed by atoms with E-state index in [2.05, 4.69) is 46.0 Å². The van der Waals surface area contributed by atoms with Crippen molar-refractivity contribution in [3.05, 3.63) is 22.9 Å². The number of aliphatic carboxylic acids is 1. The maximum Gasteiger partial charge on any atom is 0.303 e. The first-order valence-electron chi connectivity index (χ1n) is 12.6. The van der Waals surface area contributed by atoms with Crippen molar-refractivity contribution >= 4 is 11.9 Å². The zero-order valence-electron chi connectivity index (χ0n) is 20.9. The third kappa shape index (κ3) is 15.8. The fourth-order valence-corrected chi connectivity index (χ4v) is 3.77. The Morgan fingerprint density at radius 1 is 0.935 bits per heavy atom. The molecule has 3 N–H and O–H groups in total. The molecule has 1 aliphatic carbocycles. The molecule has 0 aromatic rings. The maximum atomic E-state index is 11.9. The first kappa shape index (κ1) is 29.4. The molecule has 0 aliphatic heterocycles. The van der Waals surface area contributed by atoms with Gasteiger partial charge in [0, 0.05) is 12.1 Å². The van der Waals surface area contributed by atoms with E-state index in [0.717, 1.165) is 44.5 Å². The van der Waals surface area contributed by atoms with Gasteiger partial charge >= 0.3 is 5.97 Å². The van der Waals surface area contributed by atoms with Gasteiger partial charge in [-0.25, -0.2) is 0 Å². The number of nitrogens with one attached hydrogen (secondary N) is 2. The van der Waals surface area contributed by atoms with E-state index >= 15 is 0 Å². The Balaban J connectivity index is 0.000000594. The minimum atomic E-state index is -0.659. The number of carboxylic acid groups (broad SMARTS) is 1. The van der Waals surface area contributed by atoms with E-state index in [4.69, 9.17) is 5.11 Å². The number of amides is 1. The van der Waals surface area contributed by atoms with Crippen LogP contribution in [0.15, 0.2) is 22.9 Å². The van der Waals surface area contributed by atoms with Crippen molar-refractivity contribution in [1.82, 2.24) is 5.32 Å². The maximum absolute atomic E-state index is 11.9. The predicted molar refractivity (Wildman–Crippen MR) is 130 cm³/mol. The molecule has 1 aliphatic rings. The number of quaternary nitrogens is 1. The summed E-state index contributed by atoms with van der Waals surface area (Å²) in [6, 6.07) is 0. The van der Waals surface area contributed by atoms with E-state index in [0.29, 0.717) is 13.0 Å². The zero-order valence-corrected chi connectivity index (χ0v) is 20.9. The topological polar surface area (TPSA) is 70.8 Å². The van der Waals surface area contributed by atoms with Crippen LogP contribution in [0.3, 0.4) is 0 Å². The number of carbonyl (C=O) groups excluding carboxylic acids is 1. The quantitative estimate of drug-likeness (QED) is 0.315. The van der Waals surface area contributed by atoms with E-state index in [9.17, 15) is 9.59 Å². The summed E-state index contributed by atoms with van der Waals surface area (Å²) in [6.45, 7) is 13.2. The van der Waals surface area contributed by atoms with Crippen LogP contribution in [0, 0.1) is 0 Å². The average molecular weight is 438 g/mol. The van der Waals surface area contributed by atoms with Crippen LogP contribution in [0.4, 0.5) is 0 Å². The van der Waals surface area contributed by atoms with Crippen molar-refractivity contribution in [2.24, 2.45) is 0 Å². The molecule has 0 saturated carbocycles. The van der Waals surface area contributed by atoms with Gasteiger partial charge in [0.05, 0.1) is 13.1 Å². The number of hydrogen-bond acceptors (Lipinski definition) is 2. The summed E-state index contributed by atoms with van der Waals surface area (Å²) in [4.78, 5) is 23.5. The standard InChI is InChI=1S/C14H24N2O.C12H24O2/c1-5-16(6-2)10-13(17)15-14-11(3)8-7-9-12(14)4;1-2-3-4-5-6-7-8-9-10-11-12(13)14/h8H,5-7,9-10H2,1-4H3,(H,15,17);2-11H2,1H3,(H,13,14)/p+1. The number of likely N-dealkylation sites (N-methyl/N-ethyl adjacent to an activating group) is 1. The van der Waals surface area contributed by atoms with Gasteiger partial charge in [-0.2, -0.15) is 0 Å².